The highest BCUT2D eigenvalue weighted by molar-refractivity contribution is 5.92. The molecular weight excluding hydrogens is 356 g/mol. The molecule has 27 heavy (non-hydrogen) atoms. The first-order chi connectivity index (χ1) is 12.4. The monoisotopic (exact) mass is 388 g/mol. The van der Waals surface area contributed by atoms with Gasteiger partial charge in [0.1, 0.15) is 18.1 Å². The highest BCUT2D eigenvalue weighted by Crippen LogP contribution is 2.05. The molecule has 0 aliphatic rings. The van der Waals surface area contributed by atoms with Gasteiger partial charge in [-0.25, -0.2) is 4.79 Å². The molecule has 156 valence electrons. The van der Waals surface area contributed by atoms with Crippen molar-refractivity contribution in [1.29, 1.82) is 0 Å². The number of hydrogen-bond acceptors (Lipinski definition) is 6. The van der Waals surface area contributed by atoms with E-state index in [4.69, 9.17) is 10.8 Å². The first-order valence-electron chi connectivity index (χ1n) is 8.90. The summed E-state index contributed by atoms with van der Waals surface area (Å²) in [5, 5.41) is 25.7. The van der Waals surface area contributed by atoms with Gasteiger partial charge < -0.3 is 31.9 Å². The van der Waals surface area contributed by atoms with E-state index in [1.54, 1.807) is 13.8 Å². The van der Waals surface area contributed by atoms with Gasteiger partial charge in [-0.3, -0.25) is 14.4 Å². The lowest BCUT2D eigenvalue weighted by Crippen LogP contribution is -2.57. The molecule has 4 atom stereocenters. The molecule has 0 aromatic carbocycles. The summed E-state index contributed by atoms with van der Waals surface area (Å²) in [6, 6.07) is -3.19. The minimum atomic E-state index is -1.19. The van der Waals surface area contributed by atoms with Crippen molar-refractivity contribution in [3.63, 3.8) is 0 Å². The Morgan fingerprint density at radius 1 is 0.963 bits per heavy atom. The highest BCUT2D eigenvalue weighted by atomic mass is 16.4. The number of aliphatic hydroxyl groups excluding tert-OH is 1. The van der Waals surface area contributed by atoms with Crippen LogP contribution in [0.4, 0.5) is 0 Å². The van der Waals surface area contributed by atoms with Crippen molar-refractivity contribution in [2.24, 2.45) is 17.6 Å². The average molecular weight is 388 g/mol. The first kappa shape index (κ1) is 24.8. The Labute approximate surface area is 159 Å². The molecule has 0 spiro atoms. The largest absolute Gasteiger partial charge is 0.480 e. The molecule has 0 heterocycles. The third-order valence-corrected chi connectivity index (χ3v) is 3.83. The van der Waals surface area contributed by atoms with Gasteiger partial charge in [0, 0.05) is 0 Å². The zero-order chi connectivity index (χ0) is 21.3. The van der Waals surface area contributed by atoms with Gasteiger partial charge in [-0.15, -0.1) is 0 Å². The lowest BCUT2D eigenvalue weighted by atomic mass is 10.0. The van der Waals surface area contributed by atoms with E-state index < -0.39 is 54.5 Å². The minimum absolute atomic E-state index is 0.0691. The van der Waals surface area contributed by atoms with Gasteiger partial charge in [0.2, 0.25) is 17.7 Å². The second-order valence-electron chi connectivity index (χ2n) is 7.30. The fourth-order valence-electron chi connectivity index (χ4n) is 2.22. The number of carboxylic acids is 1. The number of carbonyl (C=O) groups excluding carboxylic acids is 3. The molecule has 3 amide bonds. The van der Waals surface area contributed by atoms with Crippen LogP contribution < -0.4 is 21.7 Å². The maximum absolute atomic E-state index is 12.3. The molecule has 0 rings (SSSR count). The maximum atomic E-state index is 12.3. The van der Waals surface area contributed by atoms with Gasteiger partial charge in [0.25, 0.3) is 0 Å². The van der Waals surface area contributed by atoms with E-state index in [9.17, 15) is 24.3 Å². The summed E-state index contributed by atoms with van der Waals surface area (Å²) in [5.74, 6) is -3.33. The summed E-state index contributed by atoms with van der Waals surface area (Å²) in [6.07, 6.45) is -0.822. The van der Waals surface area contributed by atoms with Crippen LogP contribution in [0.5, 0.6) is 0 Å². The molecule has 0 aromatic heterocycles. The van der Waals surface area contributed by atoms with Crippen LogP contribution in [-0.2, 0) is 19.2 Å². The van der Waals surface area contributed by atoms with Crippen LogP contribution in [0.1, 0.15) is 41.0 Å². The molecule has 10 nitrogen and oxygen atoms in total. The highest BCUT2D eigenvalue weighted by Gasteiger charge is 2.28. The summed E-state index contributed by atoms with van der Waals surface area (Å²) in [7, 11) is 0. The number of nitrogens with one attached hydrogen (secondary N) is 3. The van der Waals surface area contributed by atoms with Crippen molar-refractivity contribution in [1.82, 2.24) is 16.0 Å². The molecule has 0 unspecified atom stereocenters. The number of aliphatic hydroxyl groups is 1. The molecule has 0 saturated carbocycles. The van der Waals surface area contributed by atoms with Crippen molar-refractivity contribution in [3.8, 4) is 0 Å². The van der Waals surface area contributed by atoms with Gasteiger partial charge in [-0.05, 0) is 25.2 Å². The SMILES string of the molecule is CC(C)C[C@H](NC(=O)CNC(=O)[C@@H](NC(=O)[C@@H](N)[C@@H](C)O)C(C)C)C(=O)O. The Balaban J connectivity index is 4.75. The summed E-state index contributed by atoms with van der Waals surface area (Å²) in [5.41, 5.74) is 5.54. The van der Waals surface area contributed by atoms with Crippen LogP contribution in [-0.4, -0.2) is 64.7 Å². The van der Waals surface area contributed by atoms with Crippen LogP contribution in [0, 0.1) is 11.8 Å². The van der Waals surface area contributed by atoms with E-state index >= 15 is 0 Å². The number of aliphatic carboxylic acids is 1. The molecule has 0 bridgehead atoms. The lowest BCUT2D eigenvalue weighted by Gasteiger charge is -2.24. The van der Waals surface area contributed by atoms with Gasteiger partial charge in [-0.2, -0.15) is 0 Å². The molecule has 7 N–H and O–H groups in total. The molecule has 0 saturated heterocycles. The van der Waals surface area contributed by atoms with E-state index in [1.165, 1.54) is 6.92 Å². The van der Waals surface area contributed by atoms with Gasteiger partial charge in [0.15, 0.2) is 0 Å². The Hall–Kier alpha value is -2.20. The lowest BCUT2D eigenvalue weighted by molar-refractivity contribution is -0.142. The van der Waals surface area contributed by atoms with E-state index in [-0.39, 0.29) is 18.3 Å². The number of hydrogen-bond donors (Lipinski definition) is 6. The van der Waals surface area contributed by atoms with Gasteiger partial charge in [-0.1, -0.05) is 27.7 Å². The van der Waals surface area contributed by atoms with Crippen LogP contribution in [0.3, 0.4) is 0 Å². The van der Waals surface area contributed by atoms with E-state index in [0.717, 1.165) is 0 Å². The topological polar surface area (TPSA) is 171 Å². The maximum Gasteiger partial charge on any atom is 0.326 e. The number of nitrogens with two attached hydrogens (primary N) is 1. The van der Waals surface area contributed by atoms with Crippen molar-refractivity contribution in [2.75, 3.05) is 6.54 Å². The Kier molecular flexibility index (Phi) is 10.6. The smallest absolute Gasteiger partial charge is 0.326 e. The fourth-order valence-corrected chi connectivity index (χ4v) is 2.22. The molecule has 0 aromatic rings. The van der Waals surface area contributed by atoms with E-state index in [2.05, 4.69) is 16.0 Å². The van der Waals surface area contributed by atoms with Crippen LogP contribution in [0.15, 0.2) is 0 Å². The first-order valence-corrected chi connectivity index (χ1v) is 8.90. The van der Waals surface area contributed by atoms with Crippen molar-refractivity contribution >= 4 is 23.7 Å². The standard InChI is InChI=1S/C17H32N4O6/c1-8(2)6-11(17(26)27)20-12(23)7-19-16(25)14(9(3)4)21-15(24)13(18)10(5)22/h8-11,13-14,22H,6-7,18H2,1-5H3,(H,19,25)(H,20,23)(H,21,24)(H,26,27)/t10-,11+,13+,14+/m1/s1. The Morgan fingerprint density at radius 3 is 1.93 bits per heavy atom. The summed E-state index contributed by atoms with van der Waals surface area (Å²) in [4.78, 5) is 47.3. The zero-order valence-corrected chi connectivity index (χ0v) is 16.5. The number of rotatable bonds is 11. The van der Waals surface area contributed by atoms with Gasteiger partial charge in [0.05, 0.1) is 12.6 Å². The van der Waals surface area contributed by atoms with Crippen LogP contribution in [0.2, 0.25) is 0 Å². The number of amides is 3. The quantitative estimate of drug-likeness (QED) is 0.252. The predicted octanol–water partition coefficient (Wildman–Crippen LogP) is -1.43. The van der Waals surface area contributed by atoms with Crippen LogP contribution in [0.25, 0.3) is 0 Å². The van der Waals surface area contributed by atoms with E-state index in [1.807, 2.05) is 13.8 Å². The Bertz CT molecular complexity index is 536. The third kappa shape index (κ3) is 9.34. The molecule has 0 aliphatic carbocycles. The van der Waals surface area contributed by atoms with Crippen molar-refractivity contribution in [2.45, 2.75) is 65.3 Å². The molecule has 0 fully saturated rings. The third-order valence-electron chi connectivity index (χ3n) is 3.83. The zero-order valence-electron chi connectivity index (χ0n) is 16.5. The molecule has 0 aliphatic heterocycles. The van der Waals surface area contributed by atoms with Crippen molar-refractivity contribution < 1.29 is 29.4 Å². The number of carbonyl (C=O) groups is 4. The van der Waals surface area contributed by atoms with Gasteiger partial charge >= 0.3 is 5.97 Å². The molecule has 10 heteroatoms. The fraction of sp³-hybridized carbons (Fsp3) is 0.765. The summed E-state index contributed by atoms with van der Waals surface area (Å²) >= 11 is 0. The molecular formula is C17H32N4O6. The summed E-state index contributed by atoms with van der Waals surface area (Å²) < 4.78 is 0. The van der Waals surface area contributed by atoms with Crippen LogP contribution >= 0.6 is 0 Å². The average Bonchev–Trinajstić information content (AvgIpc) is 2.54. The Morgan fingerprint density at radius 2 is 1.52 bits per heavy atom. The summed E-state index contributed by atoms with van der Waals surface area (Å²) in [6.45, 7) is 7.98. The van der Waals surface area contributed by atoms with E-state index in [0.29, 0.717) is 0 Å². The molecule has 0 radical (unpaired) electrons. The van der Waals surface area contributed by atoms with Crippen molar-refractivity contribution in [3.05, 3.63) is 0 Å². The normalized spacial score (nSPS) is 15.6. The second-order valence-corrected chi connectivity index (χ2v) is 7.30. The minimum Gasteiger partial charge on any atom is -0.480 e. The number of carboxylic acid groups (broad SMARTS) is 1. The predicted molar refractivity (Wildman–Crippen MR) is 98.5 cm³/mol. The second kappa shape index (κ2) is 11.5.